The minimum absolute atomic E-state index is 0.0268. The van der Waals surface area contributed by atoms with Gasteiger partial charge in [-0.2, -0.15) is 13.2 Å². The van der Waals surface area contributed by atoms with Crippen LogP contribution >= 0.6 is 0 Å². The summed E-state index contributed by atoms with van der Waals surface area (Å²) in [7, 11) is 0. The van der Waals surface area contributed by atoms with Gasteiger partial charge < -0.3 is 15.8 Å². The van der Waals surface area contributed by atoms with E-state index in [2.05, 4.69) is 10.1 Å². The molecule has 4 nitrogen and oxygen atoms in total. The average Bonchev–Trinajstić information content (AvgIpc) is 2.24. The second kappa shape index (κ2) is 7.50. The predicted molar refractivity (Wildman–Crippen MR) is 57.3 cm³/mol. The van der Waals surface area contributed by atoms with E-state index < -0.39 is 18.8 Å². The first-order valence-electron chi connectivity index (χ1n) is 5.45. The van der Waals surface area contributed by atoms with Gasteiger partial charge in [0.15, 0.2) is 0 Å². The molecule has 0 saturated heterocycles. The Kier molecular flexibility index (Phi) is 7.13. The van der Waals surface area contributed by atoms with Crippen LogP contribution in [0.1, 0.15) is 20.3 Å². The Hall–Kier alpha value is -0.820. The Bertz CT molecular complexity index is 234. The second-order valence-corrected chi connectivity index (χ2v) is 3.87. The van der Waals surface area contributed by atoms with Gasteiger partial charge in [0.2, 0.25) is 5.91 Å². The fraction of sp³-hybridized carbons (Fsp3) is 0.900. The standard InChI is InChI=1S/C10H19F3N2O2/c1-3-7(2)8(14)9(16)15-4-5-17-6-10(11,12)13/h7-8H,3-6,14H2,1-2H3,(H,15,16)/t7-,8-/m0/s1. The first-order valence-corrected chi connectivity index (χ1v) is 5.45. The number of carbonyl (C=O) groups excluding carboxylic acids is 1. The number of ether oxygens (including phenoxy) is 1. The third-order valence-electron chi connectivity index (χ3n) is 2.37. The van der Waals surface area contributed by atoms with Crippen LogP contribution in [0.15, 0.2) is 0 Å². The number of rotatable bonds is 7. The van der Waals surface area contributed by atoms with Crippen LogP contribution in [0.3, 0.4) is 0 Å². The molecule has 0 spiro atoms. The highest BCUT2D eigenvalue weighted by molar-refractivity contribution is 5.81. The largest absolute Gasteiger partial charge is 0.411 e. The van der Waals surface area contributed by atoms with Gasteiger partial charge in [-0.1, -0.05) is 20.3 Å². The first kappa shape index (κ1) is 16.2. The highest BCUT2D eigenvalue weighted by atomic mass is 19.4. The number of nitrogens with one attached hydrogen (secondary N) is 1. The molecule has 0 fully saturated rings. The van der Waals surface area contributed by atoms with E-state index in [0.717, 1.165) is 6.42 Å². The summed E-state index contributed by atoms with van der Waals surface area (Å²) in [5.74, 6) is -0.332. The molecule has 0 unspecified atom stereocenters. The van der Waals surface area contributed by atoms with Gasteiger partial charge >= 0.3 is 6.18 Å². The molecule has 17 heavy (non-hydrogen) atoms. The molecular formula is C10H19F3N2O2. The molecule has 102 valence electrons. The first-order chi connectivity index (χ1) is 7.78. The lowest BCUT2D eigenvalue weighted by Gasteiger charge is -2.17. The zero-order valence-electron chi connectivity index (χ0n) is 10.0. The summed E-state index contributed by atoms with van der Waals surface area (Å²) in [6.45, 7) is 2.28. The molecule has 7 heteroatoms. The van der Waals surface area contributed by atoms with Crippen LogP contribution in [0, 0.1) is 5.92 Å². The molecule has 0 heterocycles. The van der Waals surface area contributed by atoms with E-state index in [9.17, 15) is 18.0 Å². The van der Waals surface area contributed by atoms with E-state index in [0.29, 0.717) is 0 Å². The molecule has 0 aliphatic carbocycles. The molecule has 1 amide bonds. The molecule has 0 bridgehead atoms. The number of hydrogen-bond acceptors (Lipinski definition) is 3. The van der Waals surface area contributed by atoms with Crippen molar-refractivity contribution in [3.63, 3.8) is 0 Å². The Labute approximate surface area is 98.7 Å². The number of hydrogen-bond donors (Lipinski definition) is 2. The number of carbonyl (C=O) groups is 1. The Balaban J connectivity index is 3.65. The summed E-state index contributed by atoms with van der Waals surface area (Å²) in [5, 5.41) is 2.43. The Morgan fingerprint density at radius 3 is 2.53 bits per heavy atom. The van der Waals surface area contributed by atoms with Crippen molar-refractivity contribution in [2.24, 2.45) is 11.7 Å². The highest BCUT2D eigenvalue weighted by Crippen LogP contribution is 2.13. The summed E-state index contributed by atoms with van der Waals surface area (Å²) >= 11 is 0. The fourth-order valence-electron chi connectivity index (χ4n) is 1.06. The highest BCUT2D eigenvalue weighted by Gasteiger charge is 2.27. The smallest absolute Gasteiger partial charge is 0.370 e. The molecule has 2 atom stereocenters. The summed E-state index contributed by atoms with van der Waals surface area (Å²) in [6.07, 6.45) is -3.57. The second-order valence-electron chi connectivity index (χ2n) is 3.87. The third kappa shape index (κ3) is 7.98. The van der Waals surface area contributed by atoms with E-state index in [4.69, 9.17) is 5.73 Å². The Morgan fingerprint density at radius 1 is 1.47 bits per heavy atom. The van der Waals surface area contributed by atoms with Crippen LogP contribution in [-0.2, 0) is 9.53 Å². The zero-order valence-corrected chi connectivity index (χ0v) is 10.0. The minimum atomic E-state index is -4.34. The molecule has 0 radical (unpaired) electrons. The van der Waals surface area contributed by atoms with Crippen LogP contribution in [0.4, 0.5) is 13.2 Å². The van der Waals surface area contributed by atoms with E-state index >= 15 is 0 Å². The maximum absolute atomic E-state index is 11.7. The summed E-state index contributed by atoms with van der Waals surface area (Å²) in [4.78, 5) is 11.4. The van der Waals surface area contributed by atoms with Crippen LogP contribution in [-0.4, -0.2) is 37.9 Å². The molecule has 0 rings (SSSR count). The molecule has 0 aromatic carbocycles. The molecule has 0 aromatic heterocycles. The van der Waals surface area contributed by atoms with Crippen LogP contribution in [0.5, 0.6) is 0 Å². The molecule has 0 saturated carbocycles. The monoisotopic (exact) mass is 256 g/mol. The van der Waals surface area contributed by atoms with Crippen molar-refractivity contribution in [1.29, 1.82) is 0 Å². The van der Waals surface area contributed by atoms with Gasteiger partial charge in [-0.25, -0.2) is 0 Å². The van der Waals surface area contributed by atoms with Crippen LogP contribution < -0.4 is 11.1 Å². The van der Waals surface area contributed by atoms with E-state index in [1.54, 1.807) is 0 Å². The number of alkyl halides is 3. The van der Waals surface area contributed by atoms with E-state index in [-0.39, 0.29) is 25.0 Å². The van der Waals surface area contributed by atoms with Crippen molar-refractivity contribution < 1.29 is 22.7 Å². The van der Waals surface area contributed by atoms with Gasteiger partial charge in [0.1, 0.15) is 6.61 Å². The van der Waals surface area contributed by atoms with Gasteiger partial charge in [-0.3, -0.25) is 4.79 Å². The zero-order chi connectivity index (χ0) is 13.5. The van der Waals surface area contributed by atoms with E-state index in [1.165, 1.54) is 0 Å². The summed E-state index contributed by atoms with van der Waals surface area (Å²) in [5.41, 5.74) is 5.62. The van der Waals surface area contributed by atoms with Gasteiger partial charge in [0.05, 0.1) is 12.6 Å². The van der Waals surface area contributed by atoms with Crippen molar-refractivity contribution in [2.75, 3.05) is 19.8 Å². The lowest BCUT2D eigenvalue weighted by molar-refractivity contribution is -0.173. The van der Waals surface area contributed by atoms with Gasteiger partial charge in [0.25, 0.3) is 0 Å². The van der Waals surface area contributed by atoms with Crippen molar-refractivity contribution in [2.45, 2.75) is 32.5 Å². The molecule has 0 aliphatic heterocycles. The summed E-state index contributed by atoms with van der Waals surface area (Å²) in [6, 6.07) is -0.636. The number of amides is 1. The van der Waals surface area contributed by atoms with Crippen molar-refractivity contribution >= 4 is 5.91 Å². The average molecular weight is 256 g/mol. The van der Waals surface area contributed by atoms with Crippen LogP contribution in [0.25, 0.3) is 0 Å². The molecular weight excluding hydrogens is 237 g/mol. The van der Waals surface area contributed by atoms with Crippen molar-refractivity contribution in [3.05, 3.63) is 0 Å². The quantitative estimate of drug-likeness (QED) is 0.669. The number of nitrogens with two attached hydrogens (primary N) is 1. The minimum Gasteiger partial charge on any atom is -0.370 e. The van der Waals surface area contributed by atoms with Gasteiger partial charge in [-0.05, 0) is 5.92 Å². The van der Waals surface area contributed by atoms with E-state index in [1.807, 2.05) is 13.8 Å². The maximum Gasteiger partial charge on any atom is 0.411 e. The van der Waals surface area contributed by atoms with Gasteiger partial charge in [-0.15, -0.1) is 0 Å². The normalized spacial score (nSPS) is 15.4. The lowest BCUT2D eigenvalue weighted by atomic mass is 9.99. The molecule has 0 aliphatic rings. The lowest BCUT2D eigenvalue weighted by Crippen LogP contribution is -2.45. The van der Waals surface area contributed by atoms with Crippen molar-refractivity contribution in [3.8, 4) is 0 Å². The third-order valence-corrected chi connectivity index (χ3v) is 2.37. The van der Waals surface area contributed by atoms with Crippen molar-refractivity contribution in [1.82, 2.24) is 5.32 Å². The number of halogens is 3. The summed E-state index contributed by atoms with van der Waals surface area (Å²) < 4.78 is 39.4. The SMILES string of the molecule is CC[C@H](C)[C@H](N)C(=O)NCCOCC(F)(F)F. The predicted octanol–water partition coefficient (Wildman–Crippen LogP) is 1.05. The van der Waals surface area contributed by atoms with Gasteiger partial charge in [0, 0.05) is 6.54 Å². The molecule has 3 N–H and O–H groups in total. The maximum atomic E-state index is 11.7. The topological polar surface area (TPSA) is 64.4 Å². The van der Waals surface area contributed by atoms with Crippen LogP contribution in [0.2, 0.25) is 0 Å². The fourth-order valence-corrected chi connectivity index (χ4v) is 1.06. The Morgan fingerprint density at radius 2 is 2.06 bits per heavy atom. The molecule has 0 aromatic rings.